The number of thiazole rings is 1. The number of amides is 1. The number of carbonyl (C=O) groups excluding carboxylic acids is 1. The van der Waals surface area contributed by atoms with Gasteiger partial charge in [-0.2, -0.15) is 11.8 Å². The van der Waals surface area contributed by atoms with Gasteiger partial charge in [0, 0.05) is 31.8 Å². The van der Waals surface area contributed by atoms with E-state index in [1.54, 1.807) is 11.8 Å². The molecule has 0 aliphatic carbocycles. The minimum absolute atomic E-state index is 0.0504. The molecule has 3 rings (SSSR count). The minimum Gasteiger partial charge on any atom is -0.301 e. The molecule has 0 bridgehead atoms. The molecule has 1 atom stereocenters. The molecular formula is C14H13IN2OS3. The highest BCUT2D eigenvalue weighted by atomic mass is 127. The lowest BCUT2D eigenvalue weighted by molar-refractivity contribution is -0.115. The van der Waals surface area contributed by atoms with E-state index in [1.165, 1.54) is 14.9 Å². The van der Waals surface area contributed by atoms with Gasteiger partial charge in [-0.05, 0) is 34.7 Å². The van der Waals surface area contributed by atoms with Crippen LogP contribution < -0.4 is 5.32 Å². The van der Waals surface area contributed by atoms with Crippen LogP contribution in [0.25, 0.3) is 11.3 Å². The molecule has 1 aromatic heterocycles. The SMILES string of the molecule is O=C(Nc1nc(-c2ccc(I)cc2)cs1)C1CSCCS1. The van der Waals surface area contributed by atoms with Crippen molar-refractivity contribution in [2.45, 2.75) is 5.25 Å². The first-order valence-corrected chi connectivity index (χ1v) is 10.6. The molecule has 1 aromatic carbocycles. The molecule has 1 amide bonds. The number of nitrogens with one attached hydrogen (secondary N) is 1. The topological polar surface area (TPSA) is 42.0 Å². The first-order valence-electron chi connectivity index (χ1n) is 6.44. The second kappa shape index (κ2) is 7.34. The molecule has 7 heteroatoms. The molecule has 2 heterocycles. The summed E-state index contributed by atoms with van der Waals surface area (Å²) in [6.07, 6.45) is 0. The summed E-state index contributed by atoms with van der Waals surface area (Å²) >= 11 is 7.35. The lowest BCUT2D eigenvalue weighted by atomic mass is 10.2. The van der Waals surface area contributed by atoms with Crippen LogP contribution in [0.1, 0.15) is 0 Å². The molecular weight excluding hydrogens is 435 g/mol. The summed E-state index contributed by atoms with van der Waals surface area (Å²) in [6.45, 7) is 0. The standard InChI is InChI=1S/C14H13IN2OS3/c15-10-3-1-9(2-4-10)11-7-21-14(16-11)17-13(18)12-8-19-5-6-20-12/h1-4,7,12H,5-6,8H2,(H,16,17,18). The Bertz CT molecular complexity index is 623. The lowest BCUT2D eigenvalue weighted by Gasteiger charge is -2.19. The molecule has 1 aliphatic heterocycles. The fourth-order valence-electron chi connectivity index (χ4n) is 1.91. The van der Waals surface area contributed by atoms with Crippen LogP contribution in [0.15, 0.2) is 29.6 Å². The molecule has 1 N–H and O–H groups in total. The predicted octanol–water partition coefficient (Wildman–Crippen LogP) is 4.20. The third kappa shape index (κ3) is 4.14. The van der Waals surface area contributed by atoms with E-state index in [0.717, 1.165) is 28.5 Å². The summed E-state index contributed by atoms with van der Waals surface area (Å²) in [5, 5.41) is 5.67. The number of hydrogen-bond donors (Lipinski definition) is 1. The number of anilines is 1. The smallest absolute Gasteiger partial charge is 0.240 e. The Balaban J connectivity index is 1.67. The molecule has 0 saturated carbocycles. The summed E-state index contributed by atoms with van der Waals surface area (Å²) in [7, 11) is 0. The third-order valence-corrected chi connectivity index (χ3v) is 7.21. The zero-order chi connectivity index (χ0) is 14.7. The number of hydrogen-bond acceptors (Lipinski definition) is 5. The normalized spacial score (nSPS) is 18.4. The highest BCUT2D eigenvalue weighted by molar-refractivity contribution is 14.1. The van der Waals surface area contributed by atoms with Gasteiger partial charge in [-0.1, -0.05) is 12.1 Å². The molecule has 2 aromatic rings. The number of benzene rings is 1. The molecule has 3 nitrogen and oxygen atoms in total. The van der Waals surface area contributed by atoms with Crippen molar-refractivity contribution in [3.8, 4) is 11.3 Å². The maximum atomic E-state index is 12.2. The van der Waals surface area contributed by atoms with Gasteiger partial charge in [-0.15, -0.1) is 23.1 Å². The number of rotatable bonds is 3. The van der Waals surface area contributed by atoms with Crippen molar-refractivity contribution in [1.82, 2.24) is 4.98 Å². The van der Waals surface area contributed by atoms with Crippen LogP contribution in [0.4, 0.5) is 5.13 Å². The van der Waals surface area contributed by atoms with E-state index in [0.29, 0.717) is 5.13 Å². The van der Waals surface area contributed by atoms with E-state index in [9.17, 15) is 4.79 Å². The maximum absolute atomic E-state index is 12.2. The van der Waals surface area contributed by atoms with Crippen LogP contribution in [0.2, 0.25) is 0 Å². The van der Waals surface area contributed by atoms with Crippen LogP contribution in [-0.2, 0) is 4.79 Å². The van der Waals surface area contributed by atoms with E-state index < -0.39 is 0 Å². The summed E-state index contributed by atoms with van der Waals surface area (Å²) in [5.74, 6) is 3.17. The Morgan fingerprint density at radius 3 is 2.81 bits per heavy atom. The van der Waals surface area contributed by atoms with Crippen molar-refractivity contribution in [1.29, 1.82) is 0 Å². The Hall–Kier alpha value is -0.250. The van der Waals surface area contributed by atoms with Crippen LogP contribution in [0.5, 0.6) is 0 Å². The van der Waals surface area contributed by atoms with E-state index >= 15 is 0 Å². The number of thioether (sulfide) groups is 2. The molecule has 1 fully saturated rings. The molecule has 0 spiro atoms. The van der Waals surface area contributed by atoms with Crippen molar-refractivity contribution >= 4 is 68.5 Å². The highest BCUT2D eigenvalue weighted by Gasteiger charge is 2.22. The third-order valence-electron chi connectivity index (χ3n) is 2.98. The molecule has 0 radical (unpaired) electrons. The predicted molar refractivity (Wildman–Crippen MR) is 102 cm³/mol. The lowest BCUT2D eigenvalue weighted by Crippen LogP contribution is -2.30. The first kappa shape index (κ1) is 15.6. The second-order valence-corrected chi connectivity index (χ2v) is 9.03. The van der Waals surface area contributed by atoms with Gasteiger partial charge in [0.05, 0.1) is 10.9 Å². The summed E-state index contributed by atoms with van der Waals surface area (Å²) in [5.41, 5.74) is 1.99. The van der Waals surface area contributed by atoms with Crippen molar-refractivity contribution in [3.05, 3.63) is 33.2 Å². The monoisotopic (exact) mass is 448 g/mol. The maximum Gasteiger partial charge on any atom is 0.240 e. The molecule has 1 saturated heterocycles. The van der Waals surface area contributed by atoms with Crippen LogP contribution >= 0.6 is 57.5 Å². The van der Waals surface area contributed by atoms with Crippen molar-refractivity contribution in [2.24, 2.45) is 0 Å². The fraction of sp³-hybridized carbons (Fsp3) is 0.286. The van der Waals surface area contributed by atoms with Gasteiger partial charge in [0.25, 0.3) is 0 Å². The molecule has 21 heavy (non-hydrogen) atoms. The van der Waals surface area contributed by atoms with Crippen LogP contribution in [0.3, 0.4) is 0 Å². The Morgan fingerprint density at radius 2 is 2.10 bits per heavy atom. The van der Waals surface area contributed by atoms with Crippen molar-refractivity contribution in [2.75, 3.05) is 22.6 Å². The van der Waals surface area contributed by atoms with Gasteiger partial charge >= 0.3 is 0 Å². The average Bonchev–Trinajstić information content (AvgIpc) is 2.97. The van der Waals surface area contributed by atoms with Gasteiger partial charge in [-0.3, -0.25) is 4.79 Å². The van der Waals surface area contributed by atoms with Crippen LogP contribution in [0, 0.1) is 3.57 Å². The van der Waals surface area contributed by atoms with E-state index in [4.69, 9.17) is 0 Å². The minimum atomic E-state index is 0.0504. The molecule has 1 unspecified atom stereocenters. The average molecular weight is 448 g/mol. The Labute approximate surface area is 149 Å². The Kier molecular flexibility index (Phi) is 5.47. The van der Waals surface area contributed by atoms with Gasteiger partial charge in [0.15, 0.2) is 5.13 Å². The fourth-order valence-corrected chi connectivity index (χ4v) is 5.55. The number of aromatic nitrogens is 1. The van der Waals surface area contributed by atoms with Crippen molar-refractivity contribution < 1.29 is 4.79 Å². The largest absolute Gasteiger partial charge is 0.301 e. The van der Waals surface area contributed by atoms with Gasteiger partial charge < -0.3 is 5.32 Å². The van der Waals surface area contributed by atoms with Gasteiger partial charge in [-0.25, -0.2) is 4.98 Å². The number of carbonyl (C=O) groups is 1. The first-order chi connectivity index (χ1) is 10.2. The number of nitrogens with zero attached hydrogens (tertiary/aromatic N) is 1. The second-order valence-electron chi connectivity index (χ2n) is 4.47. The van der Waals surface area contributed by atoms with E-state index in [-0.39, 0.29) is 11.2 Å². The van der Waals surface area contributed by atoms with E-state index in [2.05, 4.69) is 57.2 Å². The van der Waals surface area contributed by atoms with Crippen LogP contribution in [-0.4, -0.2) is 33.4 Å². The van der Waals surface area contributed by atoms with Gasteiger partial charge in [0.1, 0.15) is 0 Å². The summed E-state index contributed by atoms with van der Waals surface area (Å²) < 4.78 is 1.20. The molecule has 110 valence electrons. The molecule has 1 aliphatic rings. The number of halogens is 1. The highest BCUT2D eigenvalue weighted by Crippen LogP contribution is 2.28. The zero-order valence-electron chi connectivity index (χ0n) is 11.0. The zero-order valence-corrected chi connectivity index (χ0v) is 15.7. The Morgan fingerprint density at radius 1 is 1.29 bits per heavy atom. The summed E-state index contributed by atoms with van der Waals surface area (Å²) in [6, 6.07) is 8.22. The quantitative estimate of drug-likeness (QED) is 0.715. The van der Waals surface area contributed by atoms with Crippen molar-refractivity contribution in [3.63, 3.8) is 0 Å². The van der Waals surface area contributed by atoms with Gasteiger partial charge in [0.2, 0.25) is 5.91 Å². The summed E-state index contributed by atoms with van der Waals surface area (Å²) in [4.78, 5) is 16.7. The van der Waals surface area contributed by atoms with E-state index in [1.807, 2.05) is 17.1 Å².